The minimum Gasteiger partial charge on any atom is -0.462 e. The monoisotopic (exact) mass is 1150 g/mol. The van der Waals surface area contributed by atoms with Gasteiger partial charge >= 0.3 is 17.9 Å². The van der Waals surface area contributed by atoms with Gasteiger partial charge in [-0.05, 0) is 135 Å². The summed E-state index contributed by atoms with van der Waals surface area (Å²) in [7, 11) is 0. The lowest BCUT2D eigenvalue weighted by Crippen LogP contribution is -2.30. The van der Waals surface area contributed by atoms with Crippen LogP contribution >= 0.6 is 0 Å². The zero-order valence-electron chi connectivity index (χ0n) is 54.4. The molecule has 0 aliphatic heterocycles. The van der Waals surface area contributed by atoms with Crippen LogP contribution in [0.2, 0.25) is 0 Å². The molecule has 0 spiro atoms. The number of hydrogen-bond acceptors (Lipinski definition) is 6. The summed E-state index contributed by atoms with van der Waals surface area (Å²) in [5.41, 5.74) is 0. The Labute approximate surface area is 513 Å². The molecule has 0 rings (SSSR count). The van der Waals surface area contributed by atoms with E-state index in [0.717, 1.165) is 116 Å². The molecule has 0 aliphatic rings. The molecule has 0 fully saturated rings. The first-order valence-electron chi connectivity index (χ1n) is 35.0. The normalized spacial score (nSPS) is 12.9. The zero-order chi connectivity index (χ0) is 59.9. The van der Waals surface area contributed by atoms with Crippen LogP contribution in [-0.4, -0.2) is 37.2 Å². The first kappa shape index (κ1) is 78.8. The van der Waals surface area contributed by atoms with Gasteiger partial charge in [-0.2, -0.15) is 0 Å². The average Bonchev–Trinajstić information content (AvgIpc) is 3.49. The molecule has 0 bridgehead atoms. The molecular formula is C77H130O6. The molecule has 83 heavy (non-hydrogen) atoms. The second-order valence-electron chi connectivity index (χ2n) is 23.1. The van der Waals surface area contributed by atoms with Crippen molar-refractivity contribution in [1.29, 1.82) is 0 Å². The molecule has 6 nitrogen and oxygen atoms in total. The predicted molar refractivity (Wildman–Crippen MR) is 362 cm³/mol. The maximum Gasteiger partial charge on any atom is 0.306 e. The maximum atomic E-state index is 13.0. The Kier molecular flexibility index (Phi) is 66.7. The van der Waals surface area contributed by atoms with Crippen LogP contribution in [0, 0.1) is 0 Å². The van der Waals surface area contributed by atoms with E-state index in [-0.39, 0.29) is 31.1 Å². The molecule has 0 amide bonds. The first-order chi connectivity index (χ1) is 41.0. The standard InChI is InChI=1S/C77H130O6/c1-4-7-10-13-16-19-22-25-28-31-33-34-35-36-37-38-39-40-41-42-44-46-49-52-55-58-61-64-67-70-76(79)82-73-74(72-81-75(78)69-66-63-60-57-54-51-48-45-30-27-24-21-18-15-12-9-6-3)83-77(80)71-68-65-62-59-56-53-50-47-43-32-29-26-23-20-17-14-11-8-5-2/h7,10,16-21,25-30,33-34,36-37,39-40,74H,4-6,8-9,11-15,22-24,31-32,35,38,41-73H2,1-3H3/b10-7-,19-16-,20-17-,21-18-,28-25-,29-26-,30-27-,34-33-,37-36-,40-39-. The second-order valence-corrected chi connectivity index (χ2v) is 23.1. The largest absolute Gasteiger partial charge is 0.462 e. The van der Waals surface area contributed by atoms with Gasteiger partial charge in [-0.1, -0.05) is 296 Å². The van der Waals surface area contributed by atoms with Gasteiger partial charge in [-0.15, -0.1) is 0 Å². The SMILES string of the molecule is CC/C=C\C/C=C\C/C=C\C/C=C\C/C=C\C/C=C\CCCCCCCCCCCCC(=O)OCC(COC(=O)CCCCCCCCC/C=C\C/C=C\CCCCC)OC(=O)CCCCCCCCCCC/C=C\C/C=C\CCCCC. The summed E-state index contributed by atoms with van der Waals surface area (Å²) in [4.78, 5) is 38.5. The Morgan fingerprint density at radius 2 is 0.470 bits per heavy atom. The van der Waals surface area contributed by atoms with Gasteiger partial charge in [0.05, 0.1) is 0 Å². The van der Waals surface area contributed by atoms with Gasteiger partial charge in [0.1, 0.15) is 13.2 Å². The van der Waals surface area contributed by atoms with E-state index in [0.29, 0.717) is 19.3 Å². The summed E-state index contributed by atoms with van der Waals surface area (Å²) < 4.78 is 17.0. The number of carbonyl (C=O) groups is 3. The van der Waals surface area contributed by atoms with E-state index in [2.05, 4.69) is 142 Å². The Bertz CT molecular complexity index is 1700. The van der Waals surface area contributed by atoms with Gasteiger partial charge in [-0.3, -0.25) is 14.4 Å². The van der Waals surface area contributed by atoms with Crippen molar-refractivity contribution in [1.82, 2.24) is 0 Å². The highest BCUT2D eigenvalue weighted by molar-refractivity contribution is 5.71. The first-order valence-corrected chi connectivity index (χ1v) is 35.0. The van der Waals surface area contributed by atoms with Crippen LogP contribution in [0.5, 0.6) is 0 Å². The van der Waals surface area contributed by atoms with Crippen LogP contribution < -0.4 is 0 Å². The van der Waals surface area contributed by atoms with Crippen LogP contribution in [0.15, 0.2) is 122 Å². The summed E-state index contributed by atoms with van der Waals surface area (Å²) in [6.45, 7) is 6.49. The smallest absolute Gasteiger partial charge is 0.306 e. The quantitative estimate of drug-likeness (QED) is 0.0261. The molecule has 0 heterocycles. The van der Waals surface area contributed by atoms with Crippen LogP contribution in [0.3, 0.4) is 0 Å². The Hall–Kier alpha value is -4.19. The molecule has 0 aliphatic carbocycles. The van der Waals surface area contributed by atoms with Gasteiger partial charge in [0.2, 0.25) is 0 Å². The summed E-state index contributed by atoms with van der Waals surface area (Å²) in [5.74, 6) is -0.890. The Morgan fingerprint density at radius 3 is 0.735 bits per heavy atom. The lowest BCUT2D eigenvalue weighted by Gasteiger charge is -2.18. The van der Waals surface area contributed by atoms with E-state index in [1.165, 1.54) is 173 Å². The molecule has 0 saturated carbocycles. The third-order valence-corrected chi connectivity index (χ3v) is 14.9. The second kappa shape index (κ2) is 70.3. The number of rotatable bonds is 63. The molecule has 1 unspecified atom stereocenters. The molecule has 0 aromatic carbocycles. The van der Waals surface area contributed by atoms with E-state index in [1.807, 2.05) is 0 Å². The van der Waals surface area contributed by atoms with Crippen LogP contribution in [-0.2, 0) is 28.6 Å². The van der Waals surface area contributed by atoms with Crippen molar-refractivity contribution >= 4 is 17.9 Å². The lowest BCUT2D eigenvalue weighted by molar-refractivity contribution is -0.167. The Balaban J connectivity index is 4.36. The Morgan fingerprint density at radius 1 is 0.253 bits per heavy atom. The molecule has 1 atom stereocenters. The maximum absolute atomic E-state index is 13.0. The van der Waals surface area contributed by atoms with Gasteiger partial charge in [-0.25, -0.2) is 0 Å². The number of unbranched alkanes of at least 4 members (excludes halogenated alkanes) is 32. The van der Waals surface area contributed by atoms with E-state index >= 15 is 0 Å². The number of ether oxygens (including phenoxy) is 3. The molecule has 0 aromatic rings. The third kappa shape index (κ3) is 68.5. The summed E-state index contributed by atoms with van der Waals surface area (Å²) >= 11 is 0. The molecule has 0 saturated heterocycles. The van der Waals surface area contributed by atoms with E-state index in [1.54, 1.807) is 0 Å². The van der Waals surface area contributed by atoms with Crippen molar-refractivity contribution in [2.24, 2.45) is 0 Å². The summed E-state index contributed by atoms with van der Waals surface area (Å²) in [6.07, 6.45) is 97.8. The van der Waals surface area contributed by atoms with Gasteiger partial charge in [0, 0.05) is 19.3 Å². The highest BCUT2D eigenvalue weighted by Gasteiger charge is 2.19. The number of allylic oxidation sites excluding steroid dienone is 20. The van der Waals surface area contributed by atoms with Crippen molar-refractivity contribution in [3.05, 3.63) is 122 Å². The van der Waals surface area contributed by atoms with Crippen LogP contribution in [0.1, 0.15) is 329 Å². The molecule has 474 valence electrons. The minimum absolute atomic E-state index is 0.0853. The molecule has 6 heteroatoms. The van der Waals surface area contributed by atoms with Gasteiger partial charge in [0.25, 0.3) is 0 Å². The molecule has 0 N–H and O–H groups in total. The van der Waals surface area contributed by atoms with Crippen molar-refractivity contribution < 1.29 is 28.6 Å². The fourth-order valence-electron chi connectivity index (χ4n) is 9.68. The van der Waals surface area contributed by atoms with E-state index in [9.17, 15) is 14.4 Å². The summed E-state index contributed by atoms with van der Waals surface area (Å²) in [6, 6.07) is 0. The van der Waals surface area contributed by atoms with E-state index in [4.69, 9.17) is 14.2 Å². The van der Waals surface area contributed by atoms with Gasteiger partial charge < -0.3 is 14.2 Å². The topological polar surface area (TPSA) is 78.9 Å². The number of carbonyl (C=O) groups excluding carboxylic acids is 3. The highest BCUT2D eigenvalue weighted by atomic mass is 16.6. The minimum atomic E-state index is -0.790. The van der Waals surface area contributed by atoms with Crippen LogP contribution in [0.25, 0.3) is 0 Å². The number of hydrogen-bond donors (Lipinski definition) is 0. The highest BCUT2D eigenvalue weighted by Crippen LogP contribution is 2.16. The van der Waals surface area contributed by atoms with Crippen molar-refractivity contribution in [2.45, 2.75) is 335 Å². The summed E-state index contributed by atoms with van der Waals surface area (Å²) in [5, 5.41) is 0. The van der Waals surface area contributed by atoms with Gasteiger partial charge in [0.15, 0.2) is 6.10 Å². The zero-order valence-corrected chi connectivity index (χ0v) is 54.4. The van der Waals surface area contributed by atoms with Crippen molar-refractivity contribution in [2.75, 3.05) is 13.2 Å². The molecule has 0 aromatic heterocycles. The fourth-order valence-corrected chi connectivity index (χ4v) is 9.68. The molecule has 0 radical (unpaired) electrons. The average molecular weight is 1150 g/mol. The number of esters is 3. The molecular weight excluding hydrogens is 1020 g/mol. The van der Waals surface area contributed by atoms with Crippen molar-refractivity contribution in [3.63, 3.8) is 0 Å². The fraction of sp³-hybridized carbons (Fsp3) is 0.701. The predicted octanol–water partition coefficient (Wildman–Crippen LogP) is 24.3. The van der Waals surface area contributed by atoms with Crippen molar-refractivity contribution in [3.8, 4) is 0 Å². The van der Waals surface area contributed by atoms with E-state index < -0.39 is 6.10 Å². The lowest BCUT2D eigenvalue weighted by atomic mass is 10.1. The third-order valence-electron chi connectivity index (χ3n) is 14.9. The van der Waals surface area contributed by atoms with Crippen LogP contribution in [0.4, 0.5) is 0 Å².